The monoisotopic (exact) mass is 232 g/mol. The Morgan fingerprint density at radius 1 is 1.19 bits per heavy atom. The summed E-state index contributed by atoms with van der Waals surface area (Å²) in [6.07, 6.45) is 0. The van der Waals surface area contributed by atoms with E-state index in [1.165, 1.54) is 22.5 Å². The molecule has 0 aliphatic heterocycles. The molecule has 0 bridgehead atoms. The predicted molar refractivity (Wildman–Crippen MR) is 66.2 cm³/mol. The van der Waals surface area contributed by atoms with Gasteiger partial charge in [-0.15, -0.1) is 0 Å². The third kappa shape index (κ3) is 1.86. The molecule has 0 aliphatic rings. The van der Waals surface area contributed by atoms with Crippen LogP contribution in [0.25, 0.3) is 11.1 Å². The quantitative estimate of drug-likeness (QED) is 0.856. The van der Waals surface area contributed by atoms with Gasteiger partial charge in [-0.3, -0.25) is 0 Å². The van der Waals surface area contributed by atoms with Crippen LogP contribution < -0.4 is 0 Å². The summed E-state index contributed by atoms with van der Waals surface area (Å²) in [7, 11) is 0. The maximum Gasteiger partial charge on any atom is 0.337 e. The average molecular weight is 232 g/mol. The van der Waals surface area contributed by atoms with Crippen molar-refractivity contribution >= 4 is 17.3 Å². The molecule has 82 valence electrons. The molecule has 0 fully saturated rings. The molecule has 2 rings (SSSR count). The molecule has 1 heterocycles. The number of hydrogen-bond donors (Lipinski definition) is 1. The Morgan fingerprint density at radius 3 is 2.56 bits per heavy atom. The first-order chi connectivity index (χ1) is 7.59. The lowest BCUT2D eigenvalue weighted by Crippen LogP contribution is -1.96. The van der Waals surface area contributed by atoms with Crippen molar-refractivity contribution in [3.63, 3.8) is 0 Å². The maximum absolute atomic E-state index is 11.0. The van der Waals surface area contributed by atoms with Crippen molar-refractivity contribution in [3.05, 3.63) is 45.6 Å². The first-order valence-electron chi connectivity index (χ1n) is 4.96. The van der Waals surface area contributed by atoms with Gasteiger partial charge >= 0.3 is 5.97 Å². The van der Waals surface area contributed by atoms with E-state index in [0.717, 1.165) is 11.1 Å². The van der Waals surface area contributed by atoms with Gasteiger partial charge in [0.1, 0.15) is 0 Å². The highest BCUT2D eigenvalue weighted by molar-refractivity contribution is 7.08. The van der Waals surface area contributed by atoms with E-state index >= 15 is 0 Å². The molecule has 16 heavy (non-hydrogen) atoms. The van der Waals surface area contributed by atoms with Gasteiger partial charge in [0.15, 0.2) is 0 Å². The minimum Gasteiger partial charge on any atom is -0.478 e. The molecule has 2 nitrogen and oxygen atoms in total. The Balaban J connectivity index is 2.54. The molecule has 0 saturated heterocycles. The number of aryl methyl sites for hydroxylation is 2. The number of rotatable bonds is 2. The van der Waals surface area contributed by atoms with E-state index in [1.54, 1.807) is 5.38 Å². The van der Waals surface area contributed by atoms with E-state index < -0.39 is 5.97 Å². The van der Waals surface area contributed by atoms with Crippen LogP contribution in [0.1, 0.15) is 21.5 Å². The summed E-state index contributed by atoms with van der Waals surface area (Å²) in [4.78, 5) is 11.0. The van der Waals surface area contributed by atoms with Gasteiger partial charge < -0.3 is 5.11 Å². The maximum atomic E-state index is 11.0. The van der Waals surface area contributed by atoms with E-state index in [9.17, 15) is 4.79 Å². The minimum atomic E-state index is -0.866. The number of carboxylic acid groups (broad SMARTS) is 1. The zero-order valence-electron chi connectivity index (χ0n) is 9.15. The Bertz CT molecular complexity index is 541. The second-order valence-electron chi connectivity index (χ2n) is 3.80. The summed E-state index contributed by atoms with van der Waals surface area (Å²) in [6.45, 7) is 4.08. The van der Waals surface area contributed by atoms with Crippen molar-refractivity contribution in [2.24, 2.45) is 0 Å². The zero-order chi connectivity index (χ0) is 11.7. The lowest BCUT2D eigenvalue weighted by atomic mass is 10.00. The van der Waals surface area contributed by atoms with Crippen LogP contribution in [0.15, 0.2) is 29.0 Å². The second-order valence-corrected chi connectivity index (χ2v) is 4.55. The van der Waals surface area contributed by atoms with Gasteiger partial charge in [-0.25, -0.2) is 4.79 Å². The minimum absolute atomic E-state index is 0.383. The molecule has 0 unspecified atom stereocenters. The number of aromatic carboxylic acids is 1. The van der Waals surface area contributed by atoms with Crippen molar-refractivity contribution in [1.29, 1.82) is 0 Å². The van der Waals surface area contributed by atoms with E-state index in [-0.39, 0.29) is 0 Å². The molecule has 3 heteroatoms. The first kappa shape index (κ1) is 10.9. The molecule has 2 aromatic rings. The lowest BCUT2D eigenvalue weighted by Gasteiger charge is -2.04. The Hall–Kier alpha value is -1.61. The summed E-state index contributed by atoms with van der Waals surface area (Å²) in [5.74, 6) is -0.866. The average Bonchev–Trinajstić information content (AvgIpc) is 2.71. The SMILES string of the molecule is Cc1ccc(-c2cscc2C(=O)O)cc1C. The fourth-order valence-corrected chi connectivity index (χ4v) is 2.43. The van der Waals surface area contributed by atoms with Crippen LogP contribution in [0.4, 0.5) is 0 Å². The van der Waals surface area contributed by atoms with Crippen molar-refractivity contribution in [1.82, 2.24) is 0 Å². The summed E-state index contributed by atoms with van der Waals surface area (Å²) >= 11 is 1.42. The smallest absolute Gasteiger partial charge is 0.337 e. The molecular formula is C13H12O2S. The van der Waals surface area contributed by atoms with Crippen LogP contribution in [0.3, 0.4) is 0 Å². The third-order valence-corrected chi connectivity index (χ3v) is 3.45. The third-order valence-electron chi connectivity index (χ3n) is 2.71. The van der Waals surface area contributed by atoms with Crippen molar-refractivity contribution in [2.75, 3.05) is 0 Å². The predicted octanol–water partition coefficient (Wildman–Crippen LogP) is 3.73. The zero-order valence-corrected chi connectivity index (χ0v) is 9.97. The summed E-state index contributed by atoms with van der Waals surface area (Å²) in [6, 6.07) is 6.02. The van der Waals surface area contributed by atoms with Crippen LogP contribution in [-0.2, 0) is 0 Å². The Morgan fingerprint density at radius 2 is 1.94 bits per heavy atom. The largest absolute Gasteiger partial charge is 0.478 e. The van der Waals surface area contributed by atoms with Crippen LogP contribution in [-0.4, -0.2) is 11.1 Å². The fraction of sp³-hybridized carbons (Fsp3) is 0.154. The lowest BCUT2D eigenvalue weighted by molar-refractivity contribution is 0.0698. The summed E-state index contributed by atoms with van der Waals surface area (Å²) < 4.78 is 0. The van der Waals surface area contributed by atoms with Crippen molar-refractivity contribution < 1.29 is 9.90 Å². The number of carbonyl (C=O) groups is 1. The Kier molecular flexibility index (Phi) is 2.79. The second kappa shape index (κ2) is 4.10. The van der Waals surface area contributed by atoms with Gasteiger partial charge in [-0.05, 0) is 35.9 Å². The molecule has 1 N–H and O–H groups in total. The number of hydrogen-bond acceptors (Lipinski definition) is 2. The van der Waals surface area contributed by atoms with E-state index in [2.05, 4.69) is 0 Å². The van der Waals surface area contributed by atoms with Crippen LogP contribution in [0.5, 0.6) is 0 Å². The van der Waals surface area contributed by atoms with E-state index in [4.69, 9.17) is 5.11 Å². The molecule has 0 amide bonds. The first-order valence-corrected chi connectivity index (χ1v) is 5.91. The summed E-state index contributed by atoms with van der Waals surface area (Å²) in [5, 5.41) is 12.6. The van der Waals surface area contributed by atoms with Crippen molar-refractivity contribution in [3.8, 4) is 11.1 Å². The fourth-order valence-electron chi connectivity index (χ4n) is 1.60. The van der Waals surface area contributed by atoms with Gasteiger partial charge in [0.2, 0.25) is 0 Å². The molecule has 1 aromatic carbocycles. The number of benzene rings is 1. The molecule has 0 aliphatic carbocycles. The number of carboxylic acids is 1. The molecule has 1 aromatic heterocycles. The molecule has 0 radical (unpaired) electrons. The normalized spacial score (nSPS) is 10.4. The van der Waals surface area contributed by atoms with Crippen LogP contribution in [0.2, 0.25) is 0 Å². The Labute approximate surface area is 98.2 Å². The highest BCUT2D eigenvalue weighted by Crippen LogP contribution is 2.28. The topological polar surface area (TPSA) is 37.3 Å². The van der Waals surface area contributed by atoms with Crippen LogP contribution >= 0.6 is 11.3 Å². The highest BCUT2D eigenvalue weighted by atomic mass is 32.1. The molecule has 0 spiro atoms. The molecule has 0 saturated carbocycles. The van der Waals surface area contributed by atoms with Gasteiger partial charge in [0.05, 0.1) is 5.56 Å². The van der Waals surface area contributed by atoms with E-state index in [1.807, 2.05) is 37.4 Å². The van der Waals surface area contributed by atoms with Gasteiger partial charge in [0.25, 0.3) is 0 Å². The van der Waals surface area contributed by atoms with Gasteiger partial charge in [-0.2, -0.15) is 11.3 Å². The molecule has 0 atom stereocenters. The van der Waals surface area contributed by atoms with Crippen molar-refractivity contribution in [2.45, 2.75) is 13.8 Å². The highest BCUT2D eigenvalue weighted by Gasteiger charge is 2.12. The van der Waals surface area contributed by atoms with Gasteiger partial charge in [-0.1, -0.05) is 18.2 Å². The number of thiophene rings is 1. The van der Waals surface area contributed by atoms with Crippen LogP contribution in [0, 0.1) is 13.8 Å². The standard InChI is InChI=1S/C13H12O2S/c1-8-3-4-10(5-9(8)2)11-6-16-7-12(11)13(14)15/h3-7H,1-2H3,(H,14,15). The van der Waals surface area contributed by atoms with E-state index in [0.29, 0.717) is 5.56 Å². The van der Waals surface area contributed by atoms with Gasteiger partial charge in [0, 0.05) is 10.9 Å². The molecular weight excluding hydrogens is 220 g/mol. The summed E-state index contributed by atoms with van der Waals surface area (Å²) in [5.41, 5.74) is 4.56.